The van der Waals surface area contributed by atoms with Gasteiger partial charge in [0.05, 0.1) is 45.5 Å². The minimum atomic E-state index is -4.65. The van der Waals surface area contributed by atoms with Gasteiger partial charge in [0, 0.05) is 46.2 Å². The molecule has 6 aromatic carbocycles. The number of halogens is 12. The number of aliphatic carboxylic acids is 3. The van der Waals surface area contributed by atoms with Gasteiger partial charge in [0.2, 0.25) is 29.5 Å². The van der Waals surface area contributed by atoms with Gasteiger partial charge in [-0.3, -0.25) is 38.4 Å². The molecule has 5 amide bonds. The van der Waals surface area contributed by atoms with Crippen LogP contribution in [0.3, 0.4) is 0 Å². The second-order valence-electron chi connectivity index (χ2n) is 21.1. The topological polar surface area (TPSA) is 285 Å². The van der Waals surface area contributed by atoms with Crippen molar-refractivity contribution in [3.05, 3.63) is 158 Å². The standard InChI is InChI=1S/C21H19Br2F3N2O5.C21H19Cl2F3N2O5.C20H21Br2NO4/c2*1-10(2)20(32)28-13-4-11(3-12(5-13)21(24,25)26)9-33-19-15(22)6-14(7-16(19)23)27-17(29)8-18(30)31;1-11(2)20(26)23-15-5-12(3)4-14(6-15)10-27-19-16(21)7-13(8-17(19)22)9-18(24)25/h2*3-7,10H,8-9H2,1-2H3,(H,27,29)(H,28,32)(H,30,31);4-8,11H,9-10H2,1-3H3,(H,23,26)(H,24,25). The third-order valence-corrected chi connectivity index (χ3v) is 14.8. The number of benzene rings is 6. The van der Waals surface area contributed by atoms with Crippen LogP contribution in [0, 0.1) is 24.7 Å². The number of carboxylic acid groups (broad SMARTS) is 3. The number of carbonyl (C=O) groups is 8. The number of alkyl halides is 6. The van der Waals surface area contributed by atoms with E-state index in [1.54, 1.807) is 39.8 Å². The second kappa shape index (κ2) is 35.2. The number of anilines is 5. The van der Waals surface area contributed by atoms with Crippen molar-refractivity contribution in [1.29, 1.82) is 0 Å². The minimum absolute atomic E-state index is 0.00301. The molecule has 0 bridgehead atoms. The molecule has 0 fully saturated rings. The van der Waals surface area contributed by atoms with Crippen LogP contribution in [-0.4, -0.2) is 62.8 Å². The van der Waals surface area contributed by atoms with Crippen molar-refractivity contribution in [3.8, 4) is 17.2 Å². The normalized spacial score (nSPS) is 11.1. The average molecular weight is 1600 g/mol. The van der Waals surface area contributed by atoms with Crippen LogP contribution in [0.4, 0.5) is 54.8 Å². The number of rotatable bonds is 23. The predicted molar refractivity (Wildman–Crippen MR) is 351 cm³/mol. The van der Waals surface area contributed by atoms with Gasteiger partial charge >= 0.3 is 30.3 Å². The van der Waals surface area contributed by atoms with Gasteiger partial charge in [-0.1, -0.05) is 70.8 Å². The molecule has 0 heterocycles. The summed E-state index contributed by atoms with van der Waals surface area (Å²) in [5.41, 5.74) is 2.04. The fraction of sp³-hybridized carbons (Fsp3) is 0.290. The molecule has 6 aromatic rings. The van der Waals surface area contributed by atoms with Crippen molar-refractivity contribution in [2.75, 3.05) is 26.6 Å². The van der Waals surface area contributed by atoms with Crippen molar-refractivity contribution in [2.45, 2.75) is 99.9 Å². The van der Waals surface area contributed by atoms with Gasteiger partial charge in [0.25, 0.3) is 0 Å². The lowest BCUT2D eigenvalue weighted by molar-refractivity contribution is -0.141. The summed E-state index contributed by atoms with van der Waals surface area (Å²) in [6, 6.07) is 20.9. The van der Waals surface area contributed by atoms with Crippen LogP contribution < -0.4 is 40.8 Å². The molecule has 8 N–H and O–H groups in total. The van der Waals surface area contributed by atoms with Crippen LogP contribution in [0.5, 0.6) is 17.2 Å². The highest BCUT2D eigenvalue weighted by Crippen LogP contribution is 2.41. The summed E-state index contributed by atoms with van der Waals surface area (Å²) >= 11 is 25.6. The Morgan fingerprint density at radius 2 is 0.731 bits per heavy atom. The number of aryl methyl sites for hydroxylation is 1. The van der Waals surface area contributed by atoms with Crippen LogP contribution in [0.25, 0.3) is 0 Å². The minimum Gasteiger partial charge on any atom is -0.487 e. The first-order chi connectivity index (χ1) is 43.2. The predicted octanol–water partition coefficient (Wildman–Crippen LogP) is 16.7. The molecule has 0 aliphatic carbocycles. The van der Waals surface area contributed by atoms with E-state index in [1.165, 1.54) is 36.4 Å². The van der Waals surface area contributed by atoms with Gasteiger partial charge in [0.1, 0.15) is 44.2 Å². The van der Waals surface area contributed by atoms with E-state index < -0.39 is 89.7 Å². The molecule has 0 saturated carbocycles. The Morgan fingerprint density at radius 1 is 0.419 bits per heavy atom. The molecule has 500 valence electrons. The molecular weight excluding hydrogens is 1540 g/mol. The molecule has 0 unspecified atom stereocenters. The summed E-state index contributed by atoms with van der Waals surface area (Å²) in [4.78, 5) is 91.0. The maximum atomic E-state index is 13.3. The highest BCUT2D eigenvalue weighted by atomic mass is 79.9. The molecule has 31 heteroatoms. The number of carbonyl (C=O) groups excluding carboxylic acids is 5. The Kier molecular flexibility index (Phi) is 29.5. The molecule has 0 radical (unpaired) electrons. The zero-order valence-electron chi connectivity index (χ0n) is 50.0. The van der Waals surface area contributed by atoms with Crippen LogP contribution >= 0.6 is 86.9 Å². The Labute approximate surface area is 572 Å². The Morgan fingerprint density at radius 3 is 1.06 bits per heavy atom. The third kappa shape index (κ3) is 26.5. The lowest BCUT2D eigenvalue weighted by Crippen LogP contribution is -2.18. The molecule has 0 atom stereocenters. The lowest BCUT2D eigenvalue weighted by Gasteiger charge is -2.16. The summed E-state index contributed by atoms with van der Waals surface area (Å²) < 4.78 is 99.0. The van der Waals surface area contributed by atoms with Gasteiger partial charge in [-0.2, -0.15) is 26.3 Å². The van der Waals surface area contributed by atoms with Crippen LogP contribution in [0.15, 0.2) is 109 Å². The number of amides is 5. The van der Waals surface area contributed by atoms with Gasteiger partial charge in [-0.15, -0.1) is 0 Å². The molecule has 0 aliphatic rings. The van der Waals surface area contributed by atoms with E-state index in [4.69, 9.17) is 52.7 Å². The van der Waals surface area contributed by atoms with Gasteiger partial charge in [-0.05, 0) is 183 Å². The van der Waals surface area contributed by atoms with Crippen molar-refractivity contribution in [2.24, 2.45) is 17.8 Å². The summed E-state index contributed by atoms with van der Waals surface area (Å²) in [5, 5.41) is 38.6. The first-order valence-corrected chi connectivity index (χ1v) is 31.2. The zero-order valence-corrected chi connectivity index (χ0v) is 57.9. The van der Waals surface area contributed by atoms with Gasteiger partial charge in [-0.25, -0.2) is 0 Å². The van der Waals surface area contributed by atoms with E-state index in [1.807, 2.05) is 39.0 Å². The summed E-state index contributed by atoms with van der Waals surface area (Å²) in [5.74, 6) is -6.10. The van der Waals surface area contributed by atoms with Crippen LogP contribution in [0.2, 0.25) is 10.0 Å². The van der Waals surface area contributed by atoms with E-state index in [2.05, 4.69) is 90.3 Å². The molecule has 6 rings (SSSR count). The van der Waals surface area contributed by atoms with Gasteiger partial charge in [0.15, 0.2) is 5.75 Å². The molecule has 0 aromatic heterocycles. The monoisotopic (exact) mass is 1600 g/mol. The summed E-state index contributed by atoms with van der Waals surface area (Å²) in [6.07, 6.45) is -10.8. The Bertz CT molecular complexity index is 3540. The quantitative estimate of drug-likeness (QED) is 0.0219. The van der Waals surface area contributed by atoms with Crippen LogP contribution in [0.1, 0.15) is 93.3 Å². The highest BCUT2D eigenvalue weighted by molar-refractivity contribution is 9.11. The van der Waals surface area contributed by atoms with Crippen molar-refractivity contribution >= 4 is 163 Å². The van der Waals surface area contributed by atoms with E-state index in [9.17, 15) is 64.7 Å². The molecule has 19 nitrogen and oxygen atoms in total. The van der Waals surface area contributed by atoms with Crippen molar-refractivity contribution < 1.29 is 94.2 Å². The second-order valence-corrected chi connectivity index (χ2v) is 25.3. The third-order valence-electron chi connectivity index (χ3n) is 11.9. The Balaban J connectivity index is 0.000000299. The van der Waals surface area contributed by atoms with Gasteiger partial charge < -0.3 is 56.1 Å². The average Bonchev–Trinajstić information content (AvgIpc) is 0.879. The smallest absolute Gasteiger partial charge is 0.416 e. The number of ether oxygens (including phenoxy) is 3. The molecule has 0 saturated heterocycles. The summed E-state index contributed by atoms with van der Waals surface area (Å²) in [6.45, 7) is 11.8. The first-order valence-electron chi connectivity index (χ1n) is 27.2. The largest absolute Gasteiger partial charge is 0.487 e. The number of nitrogens with one attached hydrogen (secondary N) is 5. The Hall–Kier alpha value is -7.44. The zero-order chi connectivity index (χ0) is 70.0. The van der Waals surface area contributed by atoms with E-state index >= 15 is 0 Å². The molecule has 0 spiro atoms. The van der Waals surface area contributed by atoms with Crippen LogP contribution in [-0.2, 0) is 77.0 Å². The van der Waals surface area contributed by atoms with E-state index in [-0.39, 0.29) is 86.9 Å². The molecular formula is C62H59Br4Cl2F6N5O14. The maximum absolute atomic E-state index is 13.3. The maximum Gasteiger partial charge on any atom is 0.416 e. The highest BCUT2D eigenvalue weighted by Gasteiger charge is 2.33. The lowest BCUT2D eigenvalue weighted by atomic mass is 10.1. The fourth-order valence-electron chi connectivity index (χ4n) is 7.62. The number of hydrogen-bond donors (Lipinski definition) is 8. The SMILES string of the molecule is CC(C)C(=O)Nc1cc(COc2c(Br)cc(NC(=O)CC(=O)O)cc2Br)cc(C(F)(F)F)c1.CC(C)C(=O)Nc1cc(COc2c(Cl)cc(NC(=O)CC(=O)O)cc2Cl)cc(C(F)(F)F)c1.Cc1cc(COc2c(Br)cc(CC(=O)O)cc2Br)cc(NC(=O)C(C)C)c1. The van der Waals surface area contributed by atoms with E-state index in [0.29, 0.717) is 35.8 Å². The molecule has 0 aliphatic heterocycles. The van der Waals surface area contributed by atoms with Crippen molar-refractivity contribution in [1.82, 2.24) is 0 Å². The van der Waals surface area contributed by atoms with Crippen molar-refractivity contribution in [3.63, 3.8) is 0 Å². The fourth-order valence-corrected chi connectivity index (χ4v) is 11.1. The van der Waals surface area contributed by atoms with E-state index in [0.717, 1.165) is 41.1 Å². The number of carboxylic acids is 3. The summed E-state index contributed by atoms with van der Waals surface area (Å²) in [7, 11) is 0. The first kappa shape index (κ1) is 78.0. The molecule has 93 heavy (non-hydrogen) atoms. The number of hydrogen-bond acceptors (Lipinski definition) is 11.